The summed E-state index contributed by atoms with van der Waals surface area (Å²) >= 11 is 0. The Kier molecular flexibility index (Phi) is 8.69. The molecule has 2 aliphatic rings. The first-order valence-electron chi connectivity index (χ1n) is 16.3. The maximum absolute atomic E-state index is 14.3. The number of ether oxygens (including phenoxy) is 2. The second kappa shape index (κ2) is 13.5. The summed E-state index contributed by atoms with van der Waals surface area (Å²) in [6.45, 7) is 5.19. The molecule has 236 valence electrons. The molecule has 5 aromatic rings. The summed E-state index contributed by atoms with van der Waals surface area (Å²) in [5.74, 6) is 2.81. The van der Waals surface area contributed by atoms with E-state index < -0.39 is 0 Å². The molecule has 0 N–H and O–H groups in total. The molecule has 1 aromatic heterocycles. The first-order valence-corrected chi connectivity index (χ1v) is 16.3. The molecule has 1 aliphatic carbocycles. The number of rotatable bonds is 9. The van der Waals surface area contributed by atoms with E-state index in [2.05, 4.69) is 35.3 Å². The van der Waals surface area contributed by atoms with Crippen molar-refractivity contribution in [2.45, 2.75) is 39.2 Å². The van der Waals surface area contributed by atoms with Crippen LogP contribution in [0.3, 0.4) is 0 Å². The second-order valence-electron chi connectivity index (χ2n) is 11.7. The van der Waals surface area contributed by atoms with Crippen LogP contribution in [0.2, 0.25) is 0 Å². The van der Waals surface area contributed by atoms with Crippen LogP contribution in [0.5, 0.6) is 11.5 Å². The normalized spacial score (nSPS) is 18.1. The van der Waals surface area contributed by atoms with E-state index in [-0.39, 0.29) is 17.9 Å². The average Bonchev–Trinajstić information content (AvgIpc) is 3.77. The van der Waals surface area contributed by atoms with Crippen LogP contribution in [-0.2, 0) is 0 Å². The van der Waals surface area contributed by atoms with E-state index >= 15 is 0 Å². The summed E-state index contributed by atoms with van der Waals surface area (Å²) in [5, 5.41) is 6.79. The van der Waals surface area contributed by atoms with Crippen molar-refractivity contribution in [1.82, 2.24) is 9.99 Å². The molecule has 2 atom stereocenters. The minimum atomic E-state index is -0.225. The van der Waals surface area contributed by atoms with E-state index in [0.29, 0.717) is 30.4 Å². The summed E-state index contributed by atoms with van der Waals surface area (Å²) in [6, 6.07) is 33.3. The van der Waals surface area contributed by atoms with Crippen molar-refractivity contribution in [2.24, 2.45) is 11.0 Å². The number of hydrazone groups is 1. The zero-order valence-electron chi connectivity index (χ0n) is 26.6. The van der Waals surface area contributed by atoms with Gasteiger partial charge in [0.1, 0.15) is 11.5 Å². The van der Waals surface area contributed by atoms with Gasteiger partial charge in [-0.25, -0.2) is 9.99 Å². The van der Waals surface area contributed by atoms with E-state index in [1.807, 2.05) is 92.7 Å². The molecule has 1 aliphatic heterocycles. The van der Waals surface area contributed by atoms with E-state index in [4.69, 9.17) is 19.0 Å². The molecule has 1 fully saturated rings. The van der Waals surface area contributed by atoms with Gasteiger partial charge in [0.05, 0.1) is 31.2 Å². The largest absolute Gasteiger partial charge is 0.494 e. The third-order valence-electron chi connectivity index (χ3n) is 8.72. The monoisotopic (exact) mass is 623 g/mol. The zero-order chi connectivity index (χ0) is 32.2. The number of carbonyl (C=O) groups is 1. The van der Waals surface area contributed by atoms with E-state index in [1.54, 1.807) is 11.2 Å². The number of oxazole rings is 1. The summed E-state index contributed by atoms with van der Waals surface area (Å²) in [7, 11) is 0. The van der Waals surface area contributed by atoms with Crippen LogP contribution >= 0.6 is 0 Å². The van der Waals surface area contributed by atoms with Crippen LogP contribution in [-0.4, -0.2) is 34.8 Å². The molecular weight excluding hydrogens is 586 g/mol. The van der Waals surface area contributed by atoms with Gasteiger partial charge >= 0.3 is 0 Å². The van der Waals surface area contributed by atoms with Gasteiger partial charge in [-0.3, -0.25) is 4.79 Å². The number of allylic oxidation sites excluding steroid dienone is 1. The van der Waals surface area contributed by atoms with Crippen LogP contribution < -0.4 is 9.47 Å². The lowest BCUT2D eigenvalue weighted by atomic mass is 9.77. The zero-order valence-corrected chi connectivity index (χ0v) is 26.6. The number of hydrogen-bond donors (Lipinski definition) is 0. The van der Waals surface area contributed by atoms with E-state index in [1.165, 1.54) is 5.57 Å². The summed E-state index contributed by atoms with van der Waals surface area (Å²) in [5.41, 5.74) is 6.61. The lowest BCUT2D eigenvalue weighted by molar-refractivity contribution is 0.0681. The van der Waals surface area contributed by atoms with Gasteiger partial charge in [-0.15, -0.1) is 0 Å². The number of benzene rings is 4. The van der Waals surface area contributed by atoms with Crippen LogP contribution in [0.25, 0.3) is 28.9 Å². The fourth-order valence-corrected chi connectivity index (χ4v) is 6.49. The highest BCUT2D eigenvalue weighted by molar-refractivity contribution is 6.09. The molecule has 7 heteroatoms. The number of carbonyl (C=O) groups excluding carboxylic acids is 1. The summed E-state index contributed by atoms with van der Waals surface area (Å²) < 4.78 is 17.4. The summed E-state index contributed by atoms with van der Waals surface area (Å²) in [6.07, 6.45) is 6.83. The van der Waals surface area contributed by atoms with E-state index in [0.717, 1.165) is 58.7 Å². The molecule has 1 amide bonds. The topological polar surface area (TPSA) is 77.2 Å². The minimum absolute atomic E-state index is 0.0857. The Bertz CT molecular complexity index is 1890. The smallest absolute Gasteiger partial charge is 0.274 e. The Morgan fingerprint density at radius 1 is 0.851 bits per heavy atom. The van der Waals surface area contributed by atoms with Crippen LogP contribution in [0.1, 0.15) is 60.6 Å². The van der Waals surface area contributed by atoms with Gasteiger partial charge in [0.2, 0.25) is 5.89 Å². The maximum Gasteiger partial charge on any atom is 0.274 e. The number of amides is 1. The molecule has 0 saturated heterocycles. The lowest BCUT2D eigenvalue weighted by Crippen LogP contribution is -2.31. The lowest BCUT2D eigenvalue weighted by Gasteiger charge is -2.30. The molecule has 0 bridgehead atoms. The number of nitrogens with zero attached hydrogens (tertiary/aromatic N) is 3. The second-order valence-corrected chi connectivity index (χ2v) is 11.7. The van der Waals surface area contributed by atoms with Crippen molar-refractivity contribution < 1.29 is 18.7 Å². The Hall–Kier alpha value is -5.43. The standard InChI is InChI=1S/C40H37N3O4/c1-3-45-33-21-13-27(14-22-33)25-32-11-8-12-35-37(32)42-43(38(35)29-19-23-34(24-20-29)46-4-2)40(44)31-17-15-30(16-18-31)39-41-26-36(47-39)28-9-6-5-7-10-28/h5-7,9-10,13-26,35,38H,3-4,8,11-12H2,1-2H3/b32-25-/t35-,38+/m1/s1. The maximum atomic E-state index is 14.3. The van der Waals surface area contributed by atoms with E-state index in [9.17, 15) is 4.79 Å². The van der Waals surface area contributed by atoms with Gasteiger partial charge in [-0.05, 0) is 104 Å². The molecule has 47 heavy (non-hydrogen) atoms. The predicted octanol–water partition coefficient (Wildman–Crippen LogP) is 9.24. The molecule has 7 nitrogen and oxygen atoms in total. The highest BCUT2D eigenvalue weighted by atomic mass is 16.5. The fourth-order valence-electron chi connectivity index (χ4n) is 6.49. The Morgan fingerprint density at radius 3 is 2.21 bits per heavy atom. The van der Waals surface area contributed by atoms with Crippen LogP contribution in [0.4, 0.5) is 0 Å². The van der Waals surface area contributed by atoms with Crippen molar-refractivity contribution >= 4 is 17.7 Å². The molecule has 2 heterocycles. The highest BCUT2D eigenvalue weighted by Crippen LogP contribution is 2.45. The van der Waals surface area contributed by atoms with Crippen molar-refractivity contribution in [1.29, 1.82) is 0 Å². The molecule has 7 rings (SSSR count). The molecule has 0 unspecified atom stereocenters. The molecule has 0 radical (unpaired) electrons. The van der Waals surface area contributed by atoms with Gasteiger partial charge < -0.3 is 13.9 Å². The number of hydrogen-bond acceptors (Lipinski definition) is 6. The van der Waals surface area contributed by atoms with Crippen LogP contribution in [0, 0.1) is 5.92 Å². The SMILES string of the molecule is CCOc1ccc(/C=C2/CCC[C@@H]3C2=NN(C(=O)c2ccc(-c4ncc(-c5ccccc5)o4)cc2)[C@H]3c2ccc(OCC)cc2)cc1. The summed E-state index contributed by atoms with van der Waals surface area (Å²) in [4.78, 5) is 18.8. The quantitative estimate of drug-likeness (QED) is 0.164. The third kappa shape index (κ3) is 6.34. The van der Waals surface area contributed by atoms with Crippen molar-refractivity contribution in [3.05, 3.63) is 132 Å². The Morgan fingerprint density at radius 2 is 1.53 bits per heavy atom. The number of aromatic nitrogens is 1. The predicted molar refractivity (Wildman–Crippen MR) is 184 cm³/mol. The van der Waals surface area contributed by atoms with Gasteiger partial charge in [0.15, 0.2) is 5.76 Å². The van der Waals surface area contributed by atoms with Gasteiger partial charge in [-0.1, -0.05) is 54.6 Å². The highest BCUT2D eigenvalue weighted by Gasteiger charge is 2.44. The van der Waals surface area contributed by atoms with Crippen molar-refractivity contribution in [2.75, 3.05) is 13.2 Å². The molecular formula is C40H37N3O4. The Labute approximate surface area is 275 Å². The molecule has 1 saturated carbocycles. The van der Waals surface area contributed by atoms with Crippen molar-refractivity contribution in [3.63, 3.8) is 0 Å². The van der Waals surface area contributed by atoms with Gasteiger partial charge in [0.25, 0.3) is 5.91 Å². The average molecular weight is 624 g/mol. The Balaban J connectivity index is 1.20. The minimum Gasteiger partial charge on any atom is -0.494 e. The van der Waals surface area contributed by atoms with Gasteiger partial charge in [-0.2, -0.15) is 5.10 Å². The van der Waals surface area contributed by atoms with Gasteiger partial charge in [0, 0.05) is 22.6 Å². The first-order chi connectivity index (χ1) is 23.1. The molecule has 4 aromatic carbocycles. The van der Waals surface area contributed by atoms with Crippen molar-refractivity contribution in [3.8, 4) is 34.3 Å². The molecule has 0 spiro atoms. The number of fused-ring (bicyclic) bond motifs is 1. The first kappa shape index (κ1) is 30.2. The fraction of sp³-hybridized carbons (Fsp3) is 0.225. The third-order valence-corrected chi connectivity index (χ3v) is 8.72. The van der Waals surface area contributed by atoms with Crippen LogP contribution in [0.15, 0.2) is 124 Å².